The maximum Gasteiger partial charge on any atom is 0.337 e. The van der Waals surface area contributed by atoms with Crippen LogP contribution in [0.25, 0.3) is 0 Å². The molecule has 0 aliphatic rings. The van der Waals surface area contributed by atoms with Crippen LogP contribution in [0.2, 0.25) is 0 Å². The third-order valence-corrected chi connectivity index (χ3v) is 3.40. The largest absolute Gasteiger partial charge is 0.484 e. The van der Waals surface area contributed by atoms with Crippen LogP contribution < -0.4 is 10.1 Å². The fourth-order valence-electron chi connectivity index (χ4n) is 2.23. The van der Waals surface area contributed by atoms with Gasteiger partial charge in [0.05, 0.1) is 12.7 Å². The molecule has 5 nitrogen and oxygen atoms in total. The molecule has 0 bridgehead atoms. The van der Waals surface area contributed by atoms with E-state index in [9.17, 15) is 9.59 Å². The van der Waals surface area contributed by atoms with Gasteiger partial charge in [-0.15, -0.1) is 0 Å². The number of carbonyl (C=O) groups is 2. The van der Waals surface area contributed by atoms with Crippen molar-refractivity contribution in [3.63, 3.8) is 0 Å². The second-order valence-electron chi connectivity index (χ2n) is 5.30. The van der Waals surface area contributed by atoms with Crippen molar-refractivity contribution in [1.29, 1.82) is 0 Å². The molecule has 0 aliphatic carbocycles. The summed E-state index contributed by atoms with van der Waals surface area (Å²) in [5.41, 5.74) is 2.14. The van der Waals surface area contributed by atoms with E-state index in [1.54, 1.807) is 24.3 Å². The summed E-state index contributed by atoms with van der Waals surface area (Å²) in [6.45, 7) is 2.03. The zero-order valence-electron chi connectivity index (χ0n) is 13.9. The maximum atomic E-state index is 12.0. The van der Waals surface area contributed by atoms with Crippen molar-refractivity contribution < 1.29 is 19.1 Å². The van der Waals surface area contributed by atoms with Gasteiger partial charge in [0.25, 0.3) is 5.91 Å². The lowest BCUT2D eigenvalue weighted by Gasteiger charge is -2.09. The van der Waals surface area contributed by atoms with Gasteiger partial charge in [0.15, 0.2) is 6.61 Å². The summed E-state index contributed by atoms with van der Waals surface area (Å²) in [7, 11) is 1.31. The van der Waals surface area contributed by atoms with E-state index in [1.807, 2.05) is 24.3 Å². The molecule has 0 unspecified atom stereocenters. The molecule has 0 fully saturated rings. The summed E-state index contributed by atoms with van der Waals surface area (Å²) in [6, 6.07) is 14.3. The number of anilines is 1. The molecular weight excluding hydrogens is 306 g/mol. The van der Waals surface area contributed by atoms with Crippen LogP contribution in [-0.2, 0) is 16.0 Å². The average Bonchev–Trinajstić information content (AvgIpc) is 2.61. The fraction of sp³-hybridized carbons (Fsp3) is 0.263. The normalized spacial score (nSPS) is 10.1. The van der Waals surface area contributed by atoms with Crippen molar-refractivity contribution in [1.82, 2.24) is 0 Å². The van der Waals surface area contributed by atoms with Gasteiger partial charge in [-0.25, -0.2) is 4.79 Å². The monoisotopic (exact) mass is 327 g/mol. The highest BCUT2D eigenvalue weighted by atomic mass is 16.5. The molecule has 5 heteroatoms. The van der Waals surface area contributed by atoms with Crippen molar-refractivity contribution in [3.8, 4) is 5.75 Å². The lowest BCUT2D eigenvalue weighted by Crippen LogP contribution is -2.20. The van der Waals surface area contributed by atoms with Crippen molar-refractivity contribution in [3.05, 3.63) is 59.7 Å². The van der Waals surface area contributed by atoms with E-state index in [-0.39, 0.29) is 12.5 Å². The van der Waals surface area contributed by atoms with Gasteiger partial charge < -0.3 is 14.8 Å². The number of aryl methyl sites for hydroxylation is 1. The van der Waals surface area contributed by atoms with Crippen LogP contribution in [0.1, 0.15) is 29.3 Å². The Balaban J connectivity index is 1.88. The second-order valence-corrected chi connectivity index (χ2v) is 5.30. The molecule has 0 aliphatic heterocycles. The first-order valence-electron chi connectivity index (χ1n) is 7.82. The Morgan fingerprint density at radius 1 is 1.08 bits per heavy atom. The van der Waals surface area contributed by atoms with E-state index in [1.165, 1.54) is 12.7 Å². The number of methoxy groups -OCH3 is 1. The zero-order chi connectivity index (χ0) is 17.4. The SMILES string of the molecule is CCCc1ccc(OCC(=O)Nc2cccc(C(=O)OC)c2)cc1. The van der Waals surface area contributed by atoms with Crippen molar-refractivity contribution in [2.45, 2.75) is 19.8 Å². The number of amides is 1. The number of ether oxygens (including phenoxy) is 2. The lowest BCUT2D eigenvalue weighted by molar-refractivity contribution is -0.118. The number of nitrogens with one attached hydrogen (secondary N) is 1. The minimum atomic E-state index is -0.450. The molecule has 1 amide bonds. The van der Waals surface area contributed by atoms with Gasteiger partial charge >= 0.3 is 5.97 Å². The molecule has 0 heterocycles. The van der Waals surface area contributed by atoms with E-state index < -0.39 is 5.97 Å². The summed E-state index contributed by atoms with van der Waals surface area (Å²) >= 11 is 0. The summed E-state index contributed by atoms with van der Waals surface area (Å²) in [5.74, 6) is -0.0996. The van der Waals surface area contributed by atoms with Crippen molar-refractivity contribution in [2.24, 2.45) is 0 Å². The third-order valence-electron chi connectivity index (χ3n) is 3.40. The molecule has 0 saturated heterocycles. The molecular formula is C19H21NO4. The van der Waals surface area contributed by atoms with E-state index in [4.69, 9.17) is 4.74 Å². The molecule has 0 spiro atoms. The molecule has 0 aromatic heterocycles. The number of esters is 1. The van der Waals surface area contributed by atoms with Crippen LogP contribution in [-0.4, -0.2) is 25.6 Å². The smallest absolute Gasteiger partial charge is 0.337 e. The predicted octanol–water partition coefficient (Wildman–Crippen LogP) is 3.44. The Hall–Kier alpha value is -2.82. The van der Waals surface area contributed by atoms with Gasteiger partial charge in [-0.2, -0.15) is 0 Å². The second kappa shape index (κ2) is 8.72. The summed E-state index contributed by atoms with van der Waals surface area (Å²) in [5, 5.41) is 2.69. The van der Waals surface area contributed by atoms with Crippen LogP contribution in [0.4, 0.5) is 5.69 Å². The van der Waals surface area contributed by atoms with Crippen LogP contribution >= 0.6 is 0 Å². The number of hydrogen-bond acceptors (Lipinski definition) is 4. The van der Waals surface area contributed by atoms with Crippen LogP contribution in [0.3, 0.4) is 0 Å². The molecule has 126 valence electrons. The van der Waals surface area contributed by atoms with E-state index in [2.05, 4.69) is 17.0 Å². The molecule has 2 aromatic rings. The fourth-order valence-corrected chi connectivity index (χ4v) is 2.23. The Morgan fingerprint density at radius 3 is 2.50 bits per heavy atom. The Bertz CT molecular complexity index is 695. The quantitative estimate of drug-likeness (QED) is 0.791. The highest BCUT2D eigenvalue weighted by Gasteiger charge is 2.08. The molecule has 0 saturated carbocycles. The van der Waals surface area contributed by atoms with E-state index >= 15 is 0 Å². The molecule has 2 rings (SSSR count). The number of carbonyl (C=O) groups excluding carboxylic acids is 2. The Kier molecular flexibility index (Phi) is 6.37. The molecule has 0 atom stereocenters. The average molecular weight is 327 g/mol. The lowest BCUT2D eigenvalue weighted by atomic mass is 10.1. The van der Waals surface area contributed by atoms with E-state index in [0.29, 0.717) is 17.0 Å². The Morgan fingerprint density at radius 2 is 1.83 bits per heavy atom. The summed E-state index contributed by atoms with van der Waals surface area (Å²) < 4.78 is 10.1. The minimum absolute atomic E-state index is 0.102. The van der Waals surface area contributed by atoms with Gasteiger partial charge in [0.1, 0.15) is 5.75 Å². The summed E-state index contributed by atoms with van der Waals surface area (Å²) in [4.78, 5) is 23.4. The topological polar surface area (TPSA) is 64.6 Å². The molecule has 24 heavy (non-hydrogen) atoms. The molecule has 1 N–H and O–H groups in total. The zero-order valence-corrected chi connectivity index (χ0v) is 13.9. The maximum absolute atomic E-state index is 12.0. The highest BCUT2D eigenvalue weighted by molar-refractivity contribution is 5.95. The summed E-state index contributed by atoms with van der Waals surface area (Å²) in [6.07, 6.45) is 2.12. The van der Waals surface area contributed by atoms with Gasteiger partial charge in [0, 0.05) is 5.69 Å². The van der Waals surface area contributed by atoms with E-state index in [0.717, 1.165) is 12.8 Å². The van der Waals surface area contributed by atoms with Crippen LogP contribution in [0, 0.1) is 0 Å². The number of hydrogen-bond donors (Lipinski definition) is 1. The van der Waals surface area contributed by atoms with Crippen molar-refractivity contribution in [2.75, 3.05) is 19.0 Å². The van der Waals surface area contributed by atoms with Crippen molar-refractivity contribution >= 4 is 17.6 Å². The van der Waals surface area contributed by atoms with Gasteiger partial charge in [0.2, 0.25) is 0 Å². The van der Waals surface area contributed by atoms with Gasteiger partial charge in [-0.05, 0) is 42.3 Å². The first-order chi connectivity index (χ1) is 11.6. The standard InChI is InChI=1S/C19H21NO4/c1-3-5-14-8-10-17(11-9-14)24-13-18(21)20-16-7-4-6-15(12-16)19(22)23-2/h4,6-12H,3,5,13H2,1-2H3,(H,20,21). The highest BCUT2D eigenvalue weighted by Crippen LogP contribution is 2.14. The van der Waals surface area contributed by atoms with Crippen LogP contribution in [0.5, 0.6) is 5.75 Å². The third kappa shape index (κ3) is 5.12. The Labute approximate surface area is 141 Å². The van der Waals surface area contributed by atoms with Gasteiger partial charge in [-0.1, -0.05) is 31.5 Å². The minimum Gasteiger partial charge on any atom is -0.484 e. The molecule has 2 aromatic carbocycles. The first kappa shape index (κ1) is 17.5. The number of benzene rings is 2. The first-order valence-corrected chi connectivity index (χ1v) is 7.82. The predicted molar refractivity (Wildman–Crippen MR) is 92.3 cm³/mol. The van der Waals surface area contributed by atoms with Gasteiger partial charge in [-0.3, -0.25) is 4.79 Å². The molecule has 0 radical (unpaired) electrons. The number of rotatable bonds is 7. The van der Waals surface area contributed by atoms with Crippen LogP contribution in [0.15, 0.2) is 48.5 Å².